The summed E-state index contributed by atoms with van der Waals surface area (Å²) >= 11 is 6.36. The van der Waals surface area contributed by atoms with E-state index in [0.29, 0.717) is 42.5 Å². The van der Waals surface area contributed by atoms with Crippen LogP contribution >= 0.6 is 11.6 Å². The molecule has 0 aromatic heterocycles. The second-order valence-electron chi connectivity index (χ2n) is 13.9. The summed E-state index contributed by atoms with van der Waals surface area (Å²) in [6, 6.07) is 23.7. The third kappa shape index (κ3) is 5.82. The van der Waals surface area contributed by atoms with Gasteiger partial charge in [0.15, 0.2) is 23.1 Å². The lowest BCUT2D eigenvalue weighted by atomic mass is 9.63. The number of carbonyl (C=O) groups excluding carboxylic acids is 2. The highest BCUT2D eigenvalue weighted by molar-refractivity contribution is 6.31. The number of benzene rings is 3. The summed E-state index contributed by atoms with van der Waals surface area (Å²) in [7, 11) is 1.61. The summed E-state index contributed by atoms with van der Waals surface area (Å²) in [6.07, 6.45) is 2.41. The lowest BCUT2D eigenvalue weighted by Crippen LogP contribution is -2.44. The molecule has 1 heterocycles. The van der Waals surface area contributed by atoms with Crippen molar-refractivity contribution in [2.24, 2.45) is 10.8 Å². The van der Waals surface area contributed by atoms with Crippen LogP contribution in [0.15, 0.2) is 95.3 Å². The Bertz CT molecular complexity index is 1630. The molecule has 2 aliphatic carbocycles. The largest absolute Gasteiger partial charge is 0.493 e. The number of hydrogen-bond donors (Lipinski definition) is 0. The van der Waals surface area contributed by atoms with Crippen LogP contribution in [0.2, 0.25) is 5.02 Å². The van der Waals surface area contributed by atoms with E-state index in [-0.39, 0.29) is 22.4 Å². The number of rotatable bonds is 7. The van der Waals surface area contributed by atoms with Crippen LogP contribution in [0.5, 0.6) is 11.5 Å². The predicted octanol–water partition coefficient (Wildman–Crippen LogP) is 8.81. The first kappa shape index (κ1) is 30.2. The van der Waals surface area contributed by atoms with Gasteiger partial charge in [0.25, 0.3) is 0 Å². The van der Waals surface area contributed by atoms with Gasteiger partial charge in [0.1, 0.15) is 6.61 Å². The summed E-state index contributed by atoms with van der Waals surface area (Å²) in [5, 5.41) is 0.641. The fourth-order valence-corrected chi connectivity index (χ4v) is 7.28. The van der Waals surface area contributed by atoms with Crippen LogP contribution in [0.3, 0.4) is 0 Å². The fourth-order valence-electron chi connectivity index (χ4n) is 7.09. The summed E-state index contributed by atoms with van der Waals surface area (Å²) in [5.41, 5.74) is 6.11. The van der Waals surface area contributed by atoms with Crippen molar-refractivity contribution in [2.75, 3.05) is 7.11 Å². The first-order chi connectivity index (χ1) is 21.0. The molecule has 0 N–H and O–H groups in total. The molecule has 5 nitrogen and oxygen atoms in total. The summed E-state index contributed by atoms with van der Waals surface area (Å²) < 4.78 is 12.0. The summed E-state index contributed by atoms with van der Waals surface area (Å²) in [4.78, 5) is 30.6. The maximum absolute atomic E-state index is 14.2. The Kier molecular flexibility index (Phi) is 7.96. The van der Waals surface area contributed by atoms with Crippen molar-refractivity contribution in [1.29, 1.82) is 0 Å². The van der Waals surface area contributed by atoms with Crippen molar-refractivity contribution >= 4 is 23.2 Å². The van der Waals surface area contributed by atoms with Crippen molar-refractivity contribution < 1.29 is 19.1 Å². The van der Waals surface area contributed by atoms with E-state index in [0.717, 1.165) is 52.1 Å². The molecule has 6 heteroatoms. The van der Waals surface area contributed by atoms with Gasteiger partial charge in [0.05, 0.1) is 7.11 Å². The minimum Gasteiger partial charge on any atom is -0.493 e. The number of hydrogen-bond acceptors (Lipinski definition) is 5. The Labute approximate surface area is 265 Å². The molecular formula is C38H40ClNO4. The lowest BCUT2D eigenvalue weighted by molar-refractivity contribution is -0.119. The molecule has 3 aliphatic rings. The molecule has 3 aromatic carbocycles. The zero-order valence-electron chi connectivity index (χ0n) is 26.2. The zero-order valence-corrected chi connectivity index (χ0v) is 27.0. The number of methoxy groups -OCH3 is 1. The number of carbonyl (C=O) groups is 2. The number of Topliss-reactive ketones (excluding diaryl/α,β-unsaturated/α-hetero) is 2. The van der Waals surface area contributed by atoms with Gasteiger partial charge in [-0.05, 0) is 53.0 Å². The van der Waals surface area contributed by atoms with Crippen molar-refractivity contribution in [2.45, 2.75) is 72.4 Å². The quantitative estimate of drug-likeness (QED) is 0.268. The number of halogens is 1. The second-order valence-corrected chi connectivity index (χ2v) is 14.3. The molecule has 0 atom stereocenters. The number of ketones is 2. The average molecular weight is 610 g/mol. The van der Waals surface area contributed by atoms with Crippen molar-refractivity contribution in [3.63, 3.8) is 0 Å². The number of allylic oxidation sites excluding steroid dienone is 4. The Morgan fingerprint density at radius 1 is 0.773 bits per heavy atom. The van der Waals surface area contributed by atoms with E-state index in [1.165, 1.54) is 0 Å². The summed E-state index contributed by atoms with van der Waals surface area (Å²) in [6.45, 7) is 9.57. The van der Waals surface area contributed by atoms with Gasteiger partial charge in [-0.1, -0.05) is 93.9 Å². The monoisotopic (exact) mass is 609 g/mol. The molecule has 0 spiro atoms. The van der Waals surface area contributed by atoms with Gasteiger partial charge in [-0.3, -0.25) is 9.59 Å². The van der Waals surface area contributed by atoms with Crippen molar-refractivity contribution in [1.82, 2.24) is 4.90 Å². The molecular weight excluding hydrogens is 570 g/mol. The molecule has 0 amide bonds. The van der Waals surface area contributed by atoms with E-state index in [4.69, 9.17) is 21.1 Å². The molecule has 0 radical (unpaired) electrons. The first-order valence-corrected chi connectivity index (χ1v) is 15.7. The van der Waals surface area contributed by atoms with Crippen LogP contribution in [0, 0.1) is 10.8 Å². The Hall–Kier alpha value is -3.83. The summed E-state index contributed by atoms with van der Waals surface area (Å²) in [5.74, 6) is 0.903. The van der Waals surface area contributed by atoms with Crippen molar-refractivity contribution in [3.05, 3.63) is 117 Å². The van der Waals surface area contributed by atoms with Crippen LogP contribution < -0.4 is 9.47 Å². The Balaban J connectivity index is 1.48. The molecule has 0 saturated heterocycles. The average Bonchev–Trinajstić information content (AvgIpc) is 2.97. The minimum atomic E-state index is -0.453. The molecule has 0 fully saturated rings. The Morgan fingerprint density at radius 3 is 1.95 bits per heavy atom. The normalized spacial score (nSPS) is 19.5. The van der Waals surface area contributed by atoms with Gasteiger partial charge in [-0.25, -0.2) is 0 Å². The van der Waals surface area contributed by atoms with Gasteiger partial charge in [-0.15, -0.1) is 0 Å². The maximum atomic E-state index is 14.2. The molecule has 3 aromatic rings. The third-order valence-corrected chi connectivity index (χ3v) is 9.44. The number of nitrogens with zero attached hydrogens (tertiary/aromatic N) is 1. The highest BCUT2D eigenvalue weighted by Crippen LogP contribution is 2.55. The molecule has 44 heavy (non-hydrogen) atoms. The third-order valence-electron chi connectivity index (χ3n) is 9.07. The van der Waals surface area contributed by atoms with Crippen molar-refractivity contribution in [3.8, 4) is 11.5 Å². The molecule has 228 valence electrons. The first-order valence-electron chi connectivity index (χ1n) is 15.3. The van der Waals surface area contributed by atoms with E-state index < -0.39 is 5.92 Å². The van der Waals surface area contributed by atoms with Crippen LogP contribution in [-0.2, 0) is 22.7 Å². The van der Waals surface area contributed by atoms with Crippen LogP contribution in [0.25, 0.3) is 0 Å². The minimum absolute atomic E-state index is 0.113. The van der Waals surface area contributed by atoms with E-state index in [1.807, 2.05) is 60.7 Å². The van der Waals surface area contributed by atoms with Crippen LogP contribution in [0.4, 0.5) is 0 Å². The number of ether oxygens (including phenoxy) is 2. The van der Waals surface area contributed by atoms with Gasteiger partial charge in [-0.2, -0.15) is 0 Å². The molecule has 0 bridgehead atoms. The van der Waals surface area contributed by atoms with E-state index >= 15 is 0 Å². The van der Waals surface area contributed by atoms with E-state index in [9.17, 15) is 9.59 Å². The highest BCUT2D eigenvalue weighted by atomic mass is 35.5. The maximum Gasteiger partial charge on any atom is 0.162 e. The van der Waals surface area contributed by atoms with Gasteiger partial charge >= 0.3 is 0 Å². The zero-order chi connectivity index (χ0) is 31.2. The van der Waals surface area contributed by atoms with Crippen LogP contribution in [-0.4, -0.2) is 23.6 Å². The molecule has 0 unspecified atom stereocenters. The molecule has 1 aliphatic heterocycles. The van der Waals surface area contributed by atoms with Gasteiger partial charge < -0.3 is 14.4 Å². The van der Waals surface area contributed by atoms with Gasteiger partial charge in [0.2, 0.25) is 0 Å². The highest BCUT2D eigenvalue weighted by Gasteiger charge is 2.49. The van der Waals surface area contributed by atoms with Crippen LogP contribution in [0.1, 0.15) is 76.0 Å². The lowest BCUT2D eigenvalue weighted by Gasteiger charge is -2.49. The fraction of sp³-hybridized carbons (Fsp3) is 0.368. The predicted molar refractivity (Wildman–Crippen MR) is 174 cm³/mol. The molecule has 0 saturated carbocycles. The molecule has 6 rings (SSSR count). The second kappa shape index (κ2) is 11.6. The van der Waals surface area contributed by atoms with Gasteiger partial charge in [0, 0.05) is 58.4 Å². The van der Waals surface area contributed by atoms with E-state index in [2.05, 4.69) is 44.7 Å². The smallest absolute Gasteiger partial charge is 0.162 e. The Morgan fingerprint density at radius 2 is 1.36 bits per heavy atom. The standard InChI is InChI=1S/C38H40ClNO4/c1-37(2)18-28-35(30(41)20-37)34(25-15-16-32(33(17-25)43-5)44-23-26-13-9-10-14-27(26)39)36-29(19-38(3,4)21-31(36)42)40(28)22-24-11-7-6-8-12-24/h6-17,34H,18-23H2,1-5H3. The topological polar surface area (TPSA) is 55.8 Å². The van der Waals surface area contributed by atoms with E-state index in [1.54, 1.807) is 7.11 Å². The SMILES string of the molecule is COc1cc(C2C3=C(CC(C)(C)CC3=O)N(Cc3ccccc3)C3=C2C(=O)CC(C)(C)C3)ccc1OCc1ccccc1Cl.